The number of hydrogen-bond donors (Lipinski definition) is 1. The van der Waals surface area contributed by atoms with E-state index in [1.165, 1.54) is 4.90 Å². The van der Waals surface area contributed by atoms with E-state index in [1.807, 2.05) is 37.3 Å². The van der Waals surface area contributed by atoms with Gasteiger partial charge in [0.1, 0.15) is 0 Å². The standard InChI is InChI=1S/C19H19FN2O2/c1-3-16(23)22-11-10-19(20,12-22)18(24)21-15-9-5-8-14-7-4-6-13(2)17(14)15/h3-9H,1,10-12H2,2H3,(H,21,24). The van der Waals surface area contributed by atoms with Crippen molar-refractivity contribution in [2.75, 3.05) is 18.4 Å². The normalized spacial score (nSPS) is 20.2. The second kappa shape index (κ2) is 6.07. The van der Waals surface area contributed by atoms with E-state index in [0.29, 0.717) is 5.69 Å². The lowest BCUT2D eigenvalue weighted by molar-refractivity contribution is -0.129. The van der Waals surface area contributed by atoms with Crippen LogP contribution in [0.1, 0.15) is 12.0 Å². The molecule has 0 radical (unpaired) electrons. The minimum absolute atomic E-state index is 0.0117. The van der Waals surface area contributed by atoms with Gasteiger partial charge in [0, 0.05) is 24.0 Å². The van der Waals surface area contributed by atoms with Crippen molar-refractivity contribution in [3.8, 4) is 0 Å². The van der Waals surface area contributed by atoms with Gasteiger partial charge < -0.3 is 10.2 Å². The molecule has 2 aromatic rings. The summed E-state index contributed by atoms with van der Waals surface area (Å²) in [6.45, 7) is 5.31. The van der Waals surface area contributed by atoms with Crippen molar-refractivity contribution in [2.24, 2.45) is 0 Å². The largest absolute Gasteiger partial charge is 0.335 e. The Labute approximate surface area is 140 Å². The molecule has 1 N–H and O–H groups in total. The van der Waals surface area contributed by atoms with Gasteiger partial charge in [0.25, 0.3) is 5.91 Å². The summed E-state index contributed by atoms with van der Waals surface area (Å²) in [6, 6.07) is 11.4. The SMILES string of the molecule is C=CC(=O)N1CCC(F)(C(=O)Nc2cccc3cccc(C)c23)C1. The lowest BCUT2D eigenvalue weighted by atomic mass is 10.0. The van der Waals surface area contributed by atoms with Crippen molar-refractivity contribution in [2.45, 2.75) is 19.0 Å². The third kappa shape index (κ3) is 2.77. The van der Waals surface area contributed by atoms with Crippen LogP contribution in [0.5, 0.6) is 0 Å². The number of aryl methyl sites for hydroxylation is 1. The van der Waals surface area contributed by atoms with Crippen LogP contribution in [0.2, 0.25) is 0 Å². The van der Waals surface area contributed by atoms with E-state index >= 15 is 0 Å². The molecule has 2 aromatic carbocycles. The van der Waals surface area contributed by atoms with Crippen LogP contribution in [0.4, 0.5) is 10.1 Å². The average Bonchev–Trinajstić information content (AvgIpc) is 2.98. The Morgan fingerprint density at radius 1 is 1.29 bits per heavy atom. The number of nitrogens with one attached hydrogen (secondary N) is 1. The second-order valence-corrected chi connectivity index (χ2v) is 6.11. The molecule has 0 aliphatic carbocycles. The first-order valence-corrected chi connectivity index (χ1v) is 7.85. The molecule has 4 nitrogen and oxygen atoms in total. The second-order valence-electron chi connectivity index (χ2n) is 6.11. The van der Waals surface area contributed by atoms with Crippen LogP contribution >= 0.6 is 0 Å². The third-order valence-electron chi connectivity index (χ3n) is 4.47. The lowest BCUT2D eigenvalue weighted by Gasteiger charge is -2.20. The van der Waals surface area contributed by atoms with Crippen molar-refractivity contribution >= 4 is 28.3 Å². The highest BCUT2D eigenvalue weighted by Gasteiger charge is 2.46. The first-order valence-electron chi connectivity index (χ1n) is 7.85. The predicted molar refractivity (Wildman–Crippen MR) is 92.5 cm³/mol. The van der Waals surface area contributed by atoms with E-state index in [9.17, 15) is 14.0 Å². The maximum atomic E-state index is 15.0. The van der Waals surface area contributed by atoms with Gasteiger partial charge in [0.2, 0.25) is 11.6 Å². The van der Waals surface area contributed by atoms with E-state index in [0.717, 1.165) is 22.4 Å². The molecule has 1 saturated heterocycles. The van der Waals surface area contributed by atoms with Crippen molar-refractivity contribution < 1.29 is 14.0 Å². The number of fused-ring (bicyclic) bond motifs is 1. The summed E-state index contributed by atoms with van der Waals surface area (Å²) in [5.74, 6) is -1.07. The highest BCUT2D eigenvalue weighted by molar-refractivity contribution is 6.06. The van der Waals surface area contributed by atoms with Crippen LogP contribution in [0.15, 0.2) is 49.1 Å². The molecule has 24 heavy (non-hydrogen) atoms. The zero-order chi connectivity index (χ0) is 17.3. The van der Waals surface area contributed by atoms with Gasteiger partial charge in [0.05, 0.1) is 6.54 Å². The first kappa shape index (κ1) is 16.2. The summed E-state index contributed by atoms with van der Waals surface area (Å²) in [7, 11) is 0. The molecule has 0 bridgehead atoms. The molecule has 3 rings (SSSR count). The van der Waals surface area contributed by atoms with E-state index in [4.69, 9.17) is 0 Å². The fraction of sp³-hybridized carbons (Fsp3) is 0.263. The summed E-state index contributed by atoms with van der Waals surface area (Å²) in [6.07, 6.45) is 1.12. The molecule has 1 aliphatic rings. The Hall–Kier alpha value is -2.69. The quantitative estimate of drug-likeness (QED) is 0.881. The van der Waals surface area contributed by atoms with Crippen LogP contribution in [-0.2, 0) is 9.59 Å². The summed E-state index contributed by atoms with van der Waals surface area (Å²) >= 11 is 0. The Bertz CT molecular complexity index is 828. The molecule has 5 heteroatoms. The van der Waals surface area contributed by atoms with Gasteiger partial charge in [-0.1, -0.05) is 36.9 Å². The smallest absolute Gasteiger partial charge is 0.264 e. The minimum Gasteiger partial charge on any atom is -0.335 e. The molecule has 1 heterocycles. The number of hydrogen-bond acceptors (Lipinski definition) is 2. The maximum Gasteiger partial charge on any atom is 0.264 e. The molecular weight excluding hydrogens is 307 g/mol. The van der Waals surface area contributed by atoms with Gasteiger partial charge in [0.15, 0.2) is 0 Å². The third-order valence-corrected chi connectivity index (χ3v) is 4.47. The zero-order valence-corrected chi connectivity index (χ0v) is 13.5. The number of alkyl halides is 1. The van der Waals surface area contributed by atoms with Gasteiger partial charge in [-0.3, -0.25) is 9.59 Å². The van der Waals surface area contributed by atoms with Gasteiger partial charge in [-0.05, 0) is 30.0 Å². The fourth-order valence-corrected chi connectivity index (χ4v) is 3.14. The molecule has 1 atom stereocenters. The van der Waals surface area contributed by atoms with E-state index < -0.39 is 11.6 Å². The highest BCUT2D eigenvalue weighted by Crippen LogP contribution is 2.31. The van der Waals surface area contributed by atoms with Crippen molar-refractivity contribution in [3.05, 3.63) is 54.6 Å². The Morgan fingerprint density at radius 2 is 2.00 bits per heavy atom. The Morgan fingerprint density at radius 3 is 2.71 bits per heavy atom. The summed E-state index contributed by atoms with van der Waals surface area (Å²) < 4.78 is 15.0. The Balaban J connectivity index is 1.86. The predicted octanol–water partition coefficient (Wildman–Crippen LogP) is 3.21. The lowest BCUT2D eigenvalue weighted by Crippen LogP contribution is -2.42. The average molecular weight is 326 g/mol. The summed E-state index contributed by atoms with van der Waals surface area (Å²) in [4.78, 5) is 25.4. The highest BCUT2D eigenvalue weighted by atomic mass is 19.1. The molecule has 1 fully saturated rings. The molecule has 2 amide bonds. The maximum absolute atomic E-state index is 15.0. The number of amides is 2. The number of nitrogens with zero attached hydrogens (tertiary/aromatic N) is 1. The molecular formula is C19H19FN2O2. The van der Waals surface area contributed by atoms with Crippen LogP contribution in [0.25, 0.3) is 10.8 Å². The number of rotatable bonds is 3. The van der Waals surface area contributed by atoms with Crippen LogP contribution < -0.4 is 5.32 Å². The van der Waals surface area contributed by atoms with Crippen molar-refractivity contribution in [1.29, 1.82) is 0 Å². The fourth-order valence-electron chi connectivity index (χ4n) is 3.14. The van der Waals surface area contributed by atoms with Crippen LogP contribution in [-0.4, -0.2) is 35.5 Å². The first-order chi connectivity index (χ1) is 11.4. The Kier molecular flexibility index (Phi) is 4.09. The number of likely N-dealkylation sites (tertiary alicyclic amines) is 1. The van der Waals surface area contributed by atoms with Crippen LogP contribution in [0.3, 0.4) is 0 Å². The number of anilines is 1. The topological polar surface area (TPSA) is 49.4 Å². The van der Waals surface area contributed by atoms with Crippen molar-refractivity contribution in [1.82, 2.24) is 4.90 Å². The molecule has 0 spiro atoms. The number of carbonyl (C=O) groups excluding carboxylic acids is 2. The van der Waals surface area contributed by atoms with Gasteiger partial charge in [-0.2, -0.15) is 0 Å². The molecule has 124 valence electrons. The van der Waals surface area contributed by atoms with E-state index in [1.54, 1.807) is 6.07 Å². The molecule has 1 aliphatic heterocycles. The molecule has 0 saturated carbocycles. The monoisotopic (exact) mass is 326 g/mol. The summed E-state index contributed by atoms with van der Waals surface area (Å²) in [5, 5.41) is 4.59. The number of carbonyl (C=O) groups is 2. The van der Waals surface area contributed by atoms with Gasteiger partial charge in [-0.15, -0.1) is 0 Å². The van der Waals surface area contributed by atoms with E-state index in [2.05, 4.69) is 11.9 Å². The number of benzene rings is 2. The number of halogens is 1. The zero-order valence-electron chi connectivity index (χ0n) is 13.5. The van der Waals surface area contributed by atoms with Crippen LogP contribution in [0, 0.1) is 6.92 Å². The van der Waals surface area contributed by atoms with Crippen molar-refractivity contribution in [3.63, 3.8) is 0 Å². The summed E-state index contributed by atoms with van der Waals surface area (Å²) in [5.41, 5.74) is -0.490. The van der Waals surface area contributed by atoms with Gasteiger partial charge >= 0.3 is 0 Å². The molecule has 1 unspecified atom stereocenters. The minimum atomic E-state index is -2.08. The molecule has 0 aromatic heterocycles. The van der Waals surface area contributed by atoms with E-state index in [-0.39, 0.29) is 25.4 Å². The van der Waals surface area contributed by atoms with Gasteiger partial charge in [-0.25, -0.2) is 4.39 Å².